The fourth-order valence-electron chi connectivity index (χ4n) is 2.13. The molecular formula is C13H10S. The molecule has 14 heavy (non-hydrogen) atoms. The number of benzene rings is 2. The van der Waals surface area contributed by atoms with Gasteiger partial charge in [0.1, 0.15) is 0 Å². The maximum absolute atomic E-state index is 4.65. The van der Waals surface area contributed by atoms with Gasteiger partial charge in [-0.15, -0.1) is 0 Å². The maximum Gasteiger partial charge on any atom is 0.0528 e. The molecule has 68 valence electrons. The van der Waals surface area contributed by atoms with Crippen molar-refractivity contribution >= 4 is 12.6 Å². The molecule has 0 bridgehead atoms. The Bertz CT molecular complexity index is 443. The molecule has 0 fully saturated rings. The quantitative estimate of drug-likeness (QED) is 0.613. The Hall–Kier alpha value is -1.21. The number of fused-ring (bicyclic) bond motifs is 3. The lowest BCUT2D eigenvalue weighted by atomic mass is 10.1. The van der Waals surface area contributed by atoms with Crippen LogP contribution in [-0.4, -0.2) is 0 Å². The van der Waals surface area contributed by atoms with Crippen molar-refractivity contribution in [3.05, 3.63) is 59.7 Å². The molecule has 0 radical (unpaired) electrons. The lowest BCUT2D eigenvalue weighted by Gasteiger charge is -2.03. The first kappa shape index (κ1) is 8.13. The highest BCUT2D eigenvalue weighted by Gasteiger charge is 2.24. The van der Waals surface area contributed by atoms with Crippen LogP contribution in [0.3, 0.4) is 0 Å². The zero-order chi connectivity index (χ0) is 9.54. The van der Waals surface area contributed by atoms with Crippen molar-refractivity contribution in [1.29, 1.82) is 0 Å². The van der Waals surface area contributed by atoms with Gasteiger partial charge in [-0.3, -0.25) is 0 Å². The lowest BCUT2D eigenvalue weighted by molar-refractivity contribution is 1.23. The zero-order valence-corrected chi connectivity index (χ0v) is 8.54. The topological polar surface area (TPSA) is 0 Å². The van der Waals surface area contributed by atoms with E-state index in [1.165, 1.54) is 22.3 Å². The van der Waals surface area contributed by atoms with Gasteiger partial charge in [-0.25, -0.2) is 0 Å². The number of rotatable bonds is 0. The van der Waals surface area contributed by atoms with Crippen LogP contribution in [0.2, 0.25) is 0 Å². The molecule has 2 aromatic carbocycles. The van der Waals surface area contributed by atoms with Gasteiger partial charge in [-0.1, -0.05) is 48.5 Å². The Morgan fingerprint density at radius 3 is 1.64 bits per heavy atom. The summed E-state index contributed by atoms with van der Waals surface area (Å²) in [6, 6.07) is 17.0. The van der Waals surface area contributed by atoms with Crippen LogP contribution in [0.4, 0.5) is 0 Å². The van der Waals surface area contributed by atoms with Gasteiger partial charge in [0.2, 0.25) is 0 Å². The first-order valence-electron chi connectivity index (χ1n) is 4.74. The van der Waals surface area contributed by atoms with Crippen molar-refractivity contribution in [2.45, 2.75) is 5.25 Å². The molecule has 0 saturated heterocycles. The third-order valence-corrected chi connectivity index (χ3v) is 3.36. The van der Waals surface area contributed by atoms with Crippen LogP contribution in [0.1, 0.15) is 16.4 Å². The molecular weight excluding hydrogens is 188 g/mol. The van der Waals surface area contributed by atoms with Gasteiger partial charge in [0, 0.05) is 0 Å². The summed E-state index contributed by atoms with van der Waals surface area (Å²) in [5.74, 6) is 0. The molecule has 0 spiro atoms. The number of hydrogen-bond acceptors (Lipinski definition) is 1. The summed E-state index contributed by atoms with van der Waals surface area (Å²) >= 11 is 4.65. The first-order chi connectivity index (χ1) is 6.88. The third kappa shape index (κ3) is 0.962. The lowest BCUT2D eigenvalue weighted by Crippen LogP contribution is -1.84. The molecule has 0 heterocycles. The zero-order valence-electron chi connectivity index (χ0n) is 7.64. The summed E-state index contributed by atoms with van der Waals surface area (Å²) < 4.78 is 0. The largest absolute Gasteiger partial charge is 0.166 e. The predicted octanol–water partition coefficient (Wildman–Crippen LogP) is 3.69. The molecule has 0 unspecified atom stereocenters. The van der Waals surface area contributed by atoms with E-state index in [0.717, 1.165) is 0 Å². The minimum Gasteiger partial charge on any atom is -0.166 e. The second-order valence-electron chi connectivity index (χ2n) is 3.58. The van der Waals surface area contributed by atoms with Crippen molar-refractivity contribution < 1.29 is 0 Å². The number of hydrogen-bond donors (Lipinski definition) is 1. The molecule has 1 aliphatic carbocycles. The van der Waals surface area contributed by atoms with Crippen molar-refractivity contribution in [3.8, 4) is 11.1 Å². The van der Waals surface area contributed by atoms with E-state index in [1.54, 1.807) is 0 Å². The van der Waals surface area contributed by atoms with E-state index in [9.17, 15) is 0 Å². The molecule has 0 atom stereocenters. The van der Waals surface area contributed by atoms with E-state index in [4.69, 9.17) is 0 Å². The number of thiol groups is 1. The first-order valence-corrected chi connectivity index (χ1v) is 5.26. The van der Waals surface area contributed by atoms with Crippen molar-refractivity contribution in [2.24, 2.45) is 0 Å². The standard InChI is InChI=1S/C13H10S/c14-13-11-7-3-1-5-9(11)10-6-2-4-8-12(10)13/h1-8,13-14H. The Kier molecular flexibility index (Phi) is 1.68. The van der Waals surface area contributed by atoms with Crippen molar-refractivity contribution in [2.75, 3.05) is 0 Å². The summed E-state index contributed by atoms with van der Waals surface area (Å²) in [6.45, 7) is 0. The Balaban J connectivity index is 2.36. The van der Waals surface area contributed by atoms with Gasteiger partial charge < -0.3 is 0 Å². The van der Waals surface area contributed by atoms with E-state index in [1.807, 2.05) is 0 Å². The normalized spacial score (nSPS) is 13.8. The van der Waals surface area contributed by atoms with Crippen LogP contribution in [-0.2, 0) is 0 Å². The van der Waals surface area contributed by atoms with E-state index in [2.05, 4.69) is 61.2 Å². The molecule has 3 rings (SSSR count). The van der Waals surface area contributed by atoms with Gasteiger partial charge in [0.05, 0.1) is 5.25 Å². The summed E-state index contributed by atoms with van der Waals surface area (Å²) in [5.41, 5.74) is 5.33. The van der Waals surface area contributed by atoms with E-state index in [0.29, 0.717) is 0 Å². The summed E-state index contributed by atoms with van der Waals surface area (Å²) in [5, 5.41) is 0.252. The SMILES string of the molecule is SC1c2ccccc2-c2ccccc21. The highest BCUT2D eigenvalue weighted by Crippen LogP contribution is 2.45. The van der Waals surface area contributed by atoms with Crippen molar-refractivity contribution in [3.63, 3.8) is 0 Å². The van der Waals surface area contributed by atoms with Crippen LogP contribution in [0.5, 0.6) is 0 Å². The van der Waals surface area contributed by atoms with E-state index in [-0.39, 0.29) is 5.25 Å². The Morgan fingerprint density at radius 2 is 1.14 bits per heavy atom. The van der Waals surface area contributed by atoms with Gasteiger partial charge in [-0.05, 0) is 22.3 Å². The van der Waals surface area contributed by atoms with Gasteiger partial charge >= 0.3 is 0 Å². The highest BCUT2D eigenvalue weighted by molar-refractivity contribution is 7.80. The van der Waals surface area contributed by atoms with Gasteiger partial charge in [0.25, 0.3) is 0 Å². The smallest absolute Gasteiger partial charge is 0.0528 e. The summed E-state index contributed by atoms with van der Waals surface area (Å²) in [7, 11) is 0. The molecule has 0 N–H and O–H groups in total. The molecule has 0 aromatic heterocycles. The van der Waals surface area contributed by atoms with Crippen LogP contribution < -0.4 is 0 Å². The summed E-state index contributed by atoms with van der Waals surface area (Å²) in [6.07, 6.45) is 0. The maximum atomic E-state index is 4.65. The average molecular weight is 198 g/mol. The van der Waals surface area contributed by atoms with Gasteiger partial charge in [-0.2, -0.15) is 12.6 Å². The average Bonchev–Trinajstić information content (AvgIpc) is 2.55. The molecule has 1 heteroatoms. The molecule has 0 saturated carbocycles. The Labute approximate surface area is 89.0 Å². The van der Waals surface area contributed by atoms with Crippen LogP contribution in [0.15, 0.2) is 48.5 Å². The highest BCUT2D eigenvalue weighted by atomic mass is 32.1. The predicted molar refractivity (Wildman–Crippen MR) is 62.7 cm³/mol. The molecule has 0 amide bonds. The second kappa shape index (κ2) is 2.89. The Morgan fingerprint density at radius 1 is 0.714 bits per heavy atom. The molecule has 0 nitrogen and oxygen atoms in total. The van der Waals surface area contributed by atoms with Gasteiger partial charge in [0.15, 0.2) is 0 Å². The molecule has 2 aromatic rings. The summed E-state index contributed by atoms with van der Waals surface area (Å²) in [4.78, 5) is 0. The van der Waals surface area contributed by atoms with Crippen LogP contribution in [0.25, 0.3) is 11.1 Å². The van der Waals surface area contributed by atoms with Crippen LogP contribution >= 0.6 is 12.6 Å². The van der Waals surface area contributed by atoms with E-state index < -0.39 is 0 Å². The fourth-order valence-corrected chi connectivity index (χ4v) is 2.58. The third-order valence-electron chi connectivity index (χ3n) is 2.80. The second-order valence-corrected chi connectivity index (χ2v) is 4.09. The monoisotopic (exact) mass is 198 g/mol. The fraction of sp³-hybridized carbons (Fsp3) is 0.0769. The molecule has 1 aliphatic rings. The van der Waals surface area contributed by atoms with Crippen LogP contribution in [0, 0.1) is 0 Å². The molecule has 0 aliphatic heterocycles. The minimum absolute atomic E-state index is 0.252. The minimum atomic E-state index is 0.252. The van der Waals surface area contributed by atoms with Crippen molar-refractivity contribution in [1.82, 2.24) is 0 Å². The van der Waals surface area contributed by atoms with E-state index >= 15 is 0 Å².